The van der Waals surface area contributed by atoms with Crippen LogP contribution < -0.4 is 10.5 Å². The summed E-state index contributed by atoms with van der Waals surface area (Å²) in [6, 6.07) is 3.97. The fraction of sp³-hybridized carbons (Fsp3) is 0.500. The number of unbranched alkanes of at least 4 members (excludes halogenated alkanes) is 1. The number of imidazole rings is 1. The molecule has 98 valence electrons. The number of rotatable bonds is 6. The zero-order valence-corrected chi connectivity index (χ0v) is 11.1. The molecule has 0 amide bonds. The summed E-state index contributed by atoms with van der Waals surface area (Å²) < 4.78 is 7.88. The Morgan fingerprint density at radius 3 is 3.00 bits per heavy atom. The topological polar surface area (TPSA) is 52.5 Å². The second kappa shape index (κ2) is 5.87. The molecule has 18 heavy (non-hydrogen) atoms. The predicted molar refractivity (Wildman–Crippen MR) is 73.1 cm³/mol. The molecule has 4 heteroatoms. The Hall–Kier alpha value is -1.55. The molecule has 0 fully saturated rings. The largest absolute Gasteiger partial charge is 0.490 e. The minimum atomic E-state index is 0.634. The van der Waals surface area contributed by atoms with Crippen molar-refractivity contribution in [1.82, 2.24) is 9.38 Å². The number of fused-ring (bicyclic) bond motifs is 1. The summed E-state index contributed by atoms with van der Waals surface area (Å²) in [4.78, 5) is 4.59. The van der Waals surface area contributed by atoms with E-state index in [-0.39, 0.29) is 0 Å². The van der Waals surface area contributed by atoms with Gasteiger partial charge in [-0.15, -0.1) is 0 Å². The molecular weight excluding hydrogens is 226 g/mol. The minimum absolute atomic E-state index is 0.634. The van der Waals surface area contributed by atoms with E-state index in [1.807, 2.05) is 25.3 Å². The maximum Gasteiger partial charge on any atom is 0.180 e. The van der Waals surface area contributed by atoms with Crippen LogP contribution in [0.4, 0.5) is 0 Å². The number of ether oxygens (including phenoxy) is 1. The van der Waals surface area contributed by atoms with Crippen LogP contribution in [0.2, 0.25) is 0 Å². The van der Waals surface area contributed by atoms with Gasteiger partial charge in [0.15, 0.2) is 11.4 Å². The molecule has 0 bridgehead atoms. The molecule has 2 aromatic rings. The Morgan fingerprint density at radius 1 is 1.44 bits per heavy atom. The second-order valence-corrected chi connectivity index (χ2v) is 4.45. The lowest BCUT2D eigenvalue weighted by Crippen LogP contribution is -2.06. The maximum atomic E-state index is 5.79. The van der Waals surface area contributed by atoms with Crippen LogP contribution >= 0.6 is 0 Å². The van der Waals surface area contributed by atoms with Gasteiger partial charge in [-0.3, -0.25) is 0 Å². The van der Waals surface area contributed by atoms with Crippen LogP contribution in [-0.4, -0.2) is 22.5 Å². The van der Waals surface area contributed by atoms with E-state index in [0.717, 1.165) is 43.0 Å². The van der Waals surface area contributed by atoms with Crippen molar-refractivity contribution in [3.8, 4) is 5.75 Å². The maximum absolute atomic E-state index is 5.79. The number of nitrogens with two attached hydrogens (primary N) is 1. The van der Waals surface area contributed by atoms with Crippen molar-refractivity contribution in [3.63, 3.8) is 0 Å². The van der Waals surface area contributed by atoms with Gasteiger partial charge < -0.3 is 14.9 Å². The summed E-state index contributed by atoms with van der Waals surface area (Å²) in [6.07, 6.45) is 5.06. The van der Waals surface area contributed by atoms with Gasteiger partial charge in [0.05, 0.1) is 12.3 Å². The molecule has 0 aromatic carbocycles. The highest BCUT2D eigenvalue weighted by molar-refractivity contribution is 5.56. The van der Waals surface area contributed by atoms with Crippen LogP contribution in [0.3, 0.4) is 0 Å². The first-order chi connectivity index (χ1) is 8.77. The zero-order valence-electron chi connectivity index (χ0n) is 11.1. The predicted octanol–water partition coefficient (Wildman–Crippen LogP) is 2.32. The summed E-state index contributed by atoms with van der Waals surface area (Å²) in [6.45, 7) is 5.56. The van der Waals surface area contributed by atoms with Gasteiger partial charge >= 0.3 is 0 Å². The first-order valence-electron chi connectivity index (χ1n) is 6.57. The number of aryl methyl sites for hydroxylation is 1. The standard InChI is InChI=1S/C14H21N3O/c1-3-4-10-18-13-6-5-9-17-12(7-8-15)11(2)16-14(13)17/h5-6,9H,3-4,7-8,10,15H2,1-2H3. The molecule has 0 aliphatic heterocycles. The third kappa shape index (κ3) is 2.48. The average Bonchev–Trinajstić information content (AvgIpc) is 2.68. The number of pyridine rings is 1. The van der Waals surface area contributed by atoms with E-state index < -0.39 is 0 Å². The Bertz CT molecular complexity index is 519. The van der Waals surface area contributed by atoms with E-state index in [2.05, 4.69) is 16.3 Å². The van der Waals surface area contributed by atoms with Gasteiger partial charge in [-0.2, -0.15) is 0 Å². The monoisotopic (exact) mass is 247 g/mol. The quantitative estimate of drug-likeness (QED) is 0.797. The Kier molecular flexibility index (Phi) is 4.20. The molecule has 0 radical (unpaired) electrons. The second-order valence-electron chi connectivity index (χ2n) is 4.45. The van der Waals surface area contributed by atoms with Gasteiger partial charge in [-0.1, -0.05) is 13.3 Å². The Labute approximate surface area is 108 Å². The highest BCUT2D eigenvalue weighted by Gasteiger charge is 2.11. The van der Waals surface area contributed by atoms with E-state index in [0.29, 0.717) is 6.54 Å². The number of hydrogen-bond acceptors (Lipinski definition) is 3. The van der Waals surface area contributed by atoms with Crippen molar-refractivity contribution in [2.45, 2.75) is 33.1 Å². The van der Waals surface area contributed by atoms with Crippen molar-refractivity contribution >= 4 is 5.65 Å². The molecular formula is C14H21N3O. The van der Waals surface area contributed by atoms with Gasteiger partial charge in [-0.25, -0.2) is 4.98 Å². The summed E-state index contributed by atoms with van der Waals surface area (Å²) in [7, 11) is 0. The molecule has 0 saturated heterocycles. The number of aromatic nitrogens is 2. The summed E-state index contributed by atoms with van der Waals surface area (Å²) in [5.41, 5.74) is 8.75. The molecule has 4 nitrogen and oxygen atoms in total. The number of hydrogen-bond donors (Lipinski definition) is 1. The van der Waals surface area contributed by atoms with Gasteiger partial charge in [0, 0.05) is 18.3 Å². The third-order valence-corrected chi connectivity index (χ3v) is 3.05. The summed E-state index contributed by atoms with van der Waals surface area (Å²) >= 11 is 0. The highest BCUT2D eigenvalue weighted by Crippen LogP contribution is 2.22. The van der Waals surface area contributed by atoms with E-state index >= 15 is 0 Å². The van der Waals surface area contributed by atoms with E-state index in [4.69, 9.17) is 10.5 Å². The zero-order chi connectivity index (χ0) is 13.0. The Morgan fingerprint density at radius 2 is 2.28 bits per heavy atom. The van der Waals surface area contributed by atoms with Crippen LogP contribution in [0.15, 0.2) is 18.3 Å². The first kappa shape index (κ1) is 12.9. The first-order valence-corrected chi connectivity index (χ1v) is 6.57. The van der Waals surface area contributed by atoms with Crippen LogP contribution in [-0.2, 0) is 6.42 Å². The molecule has 2 N–H and O–H groups in total. The minimum Gasteiger partial charge on any atom is -0.490 e. The van der Waals surface area contributed by atoms with Crippen molar-refractivity contribution < 1.29 is 4.74 Å². The molecule has 2 rings (SSSR count). The molecule has 0 saturated carbocycles. The third-order valence-electron chi connectivity index (χ3n) is 3.05. The summed E-state index contributed by atoms with van der Waals surface area (Å²) in [5.74, 6) is 0.859. The molecule has 0 unspecified atom stereocenters. The average molecular weight is 247 g/mol. The van der Waals surface area contributed by atoms with Crippen LogP contribution in [0.5, 0.6) is 5.75 Å². The van der Waals surface area contributed by atoms with Crippen molar-refractivity contribution in [2.24, 2.45) is 5.73 Å². The SMILES string of the molecule is CCCCOc1cccn2c(CCN)c(C)nc12. The van der Waals surface area contributed by atoms with E-state index in [1.54, 1.807) is 0 Å². The fourth-order valence-electron chi connectivity index (χ4n) is 2.08. The lowest BCUT2D eigenvalue weighted by Gasteiger charge is -2.07. The van der Waals surface area contributed by atoms with Gasteiger partial charge in [0.2, 0.25) is 0 Å². The van der Waals surface area contributed by atoms with Gasteiger partial charge in [0.1, 0.15) is 0 Å². The van der Waals surface area contributed by atoms with Gasteiger partial charge in [-0.05, 0) is 32.0 Å². The molecule has 0 aliphatic carbocycles. The fourth-order valence-corrected chi connectivity index (χ4v) is 2.08. The van der Waals surface area contributed by atoms with Gasteiger partial charge in [0.25, 0.3) is 0 Å². The van der Waals surface area contributed by atoms with Crippen LogP contribution in [0, 0.1) is 6.92 Å². The van der Waals surface area contributed by atoms with Crippen LogP contribution in [0.1, 0.15) is 31.2 Å². The lowest BCUT2D eigenvalue weighted by molar-refractivity contribution is 0.311. The molecule has 2 heterocycles. The molecule has 2 aromatic heterocycles. The van der Waals surface area contributed by atoms with E-state index in [9.17, 15) is 0 Å². The molecule has 0 spiro atoms. The lowest BCUT2D eigenvalue weighted by atomic mass is 10.2. The molecule has 0 atom stereocenters. The molecule has 0 aliphatic rings. The van der Waals surface area contributed by atoms with Crippen molar-refractivity contribution in [1.29, 1.82) is 0 Å². The number of nitrogens with zero attached hydrogens (tertiary/aromatic N) is 2. The van der Waals surface area contributed by atoms with Crippen molar-refractivity contribution in [3.05, 3.63) is 29.7 Å². The van der Waals surface area contributed by atoms with Crippen molar-refractivity contribution in [2.75, 3.05) is 13.2 Å². The van der Waals surface area contributed by atoms with Crippen LogP contribution in [0.25, 0.3) is 5.65 Å². The smallest absolute Gasteiger partial charge is 0.180 e. The highest BCUT2D eigenvalue weighted by atomic mass is 16.5. The van der Waals surface area contributed by atoms with E-state index in [1.165, 1.54) is 5.69 Å². The summed E-state index contributed by atoms with van der Waals surface area (Å²) in [5, 5.41) is 0. The normalized spacial score (nSPS) is 11.1. The Balaban J connectivity index is 2.34.